The van der Waals surface area contributed by atoms with Gasteiger partial charge in [-0.15, -0.1) is 0 Å². The van der Waals surface area contributed by atoms with Crippen LogP contribution in [0.15, 0.2) is 46.4 Å². The van der Waals surface area contributed by atoms with Crippen molar-refractivity contribution in [1.29, 1.82) is 5.26 Å². The number of hydrogen-bond acceptors (Lipinski definition) is 5. The second-order valence-electron chi connectivity index (χ2n) is 5.90. The molecule has 0 radical (unpaired) electrons. The first-order valence-electron chi connectivity index (χ1n) is 8.61. The summed E-state index contributed by atoms with van der Waals surface area (Å²) in [5.74, 6) is -0.470. The van der Waals surface area contributed by atoms with E-state index < -0.39 is 11.9 Å². The summed E-state index contributed by atoms with van der Waals surface area (Å²) >= 11 is 5.46. The van der Waals surface area contributed by atoms with Crippen molar-refractivity contribution in [3.8, 4) is 11.8 Å². The smallest absolute Gasteiger partial charge is 0.344 e. The Kier molecular flexibility index (Phi) is 8.67. The molecule has 0 unspecified atom stereocenters. The maximum absolute atomic E-state index is 12.4. The van der Waals surface area contributed by atoms with E-state index in [0.29, 0.717) is 25.0 Å². The molecular formula is C21H18BrIN2O4. The lowest BCUT2D eigenvalue weighted by Gasteiger charge is -2.11. The molecule has 2 aromatic rings. The third-order valence-electron chi connectivity index (χ3n) is 3.65. The Labute approximate surface area is 191 Å². The van der Waals surface area contributed by atoms with Gasteiger partial charge in [-0.2, -0.15) is 5.26 Å². The number of rotatable bonds is 7. The van der Waals surface area contributed by atoms with Gasteiger partial charge in [0, 0.05) is 5.69 Å². The van der Waals surface area contributed by atoms with Crippen molar-refractivity contribution in [3.63, 3.8) is 0 Å². The van der Waals surface area contributed by atoms with Crippen molar-refractivity contribution in [2.45, 2.75) is 13.8 Å². The molecule has 0 aliphatic heterocycles. The zero-order valence-corrected chi connectivity index (χ0v) is 19.5. The van der Waals surface area contributed by atoms with E-state index in [2.05, 4.69) is 43.8 Å². The van der Waals surface area contributed by atoms with E-state index in [1.807, 2.05) is 25.1 Å². The summed E-state index contributed by atoms with van der Waals surface area (Å²) in [7, 11) is 0. The van der Waals surface area contributed by atoms with Crippen LogP contribution in [0.2, 0.25) is 0 Å². The quantitative estimate of drug-likeness (QED) is 0.223. The monoisotopic (exact) mass is 568 g/mol. The van der Waals surface area contributed by atoms with Crippen LogP contribution in [0.4, 0.5) is 5.69 Å². The van der Waals surface area contributed by atoms with Gasteiger partial charge in [0.15, 0.2) is 6.61 Å². The van der Waals surface area contributed by atoms with Crippen LogP contribution in [0.5, 0.6) is 5.75 Å². The number of amides is 1. The number of anilines is 1. The topological polar surface area (TPSA) is 88.4 Å². The number of nitrogens with one attached hydrogen (secondary N) is 1. The summed E-state index contributed by atoms with van der Waals surface area (Å²) in [5.41, 5.74) is 2.29. The lowest BCUT2D eigenvalue weighted by atomic mass is 10.1. The average molecular weight is 569 g/mol. The highest BCUT2D eigenvalue weighted by molar-refractivity contribution is 14.1. The first kappa shape index (κ1) is 22.9. The fraction of sp³-hybridized carbons (Fsp3) is 0.190. The molecule has 0 fully saturated rings. The van der Waals surface area contributed by atoms with Gasteiger partial charge in [-0.3, -0.25) is 4.79 Å². The standard InChI is InChI=1S/C21H18BrIN2O4/c1-3-28-19(26)12-29-20-17(22)9-14(10-18(20)23)8-15(11-24)21(27)25-16-6-4-13(2)5-7-16/h4-10H,3,12H2,1-2H3,(H,25,27)/b15-8+. The van der Waals surface area contributed by atoms with Gasteiger partial charge >= 0.3 is 5.97 Å². The van der Waals surface area contributed by atoms with E-state index in [0.717, 1.165) is 5.56 Å². The third kappa shape index (κ3) is 6.87. The molecule has 0 aliphatic carbocycles. The molecule has 0 bridgehead atoms. The molecule has 0 heterocycles. The first-order valence-corrected chi connectivity index (χ1v) is 10.5. The fourth-order valence-corrected chi connectivity index (χ4v) is 4.05. The molecule has 29 heavy (non-hydrogen) atoms. The molecule has 0 saturated heterocycles. The third-order valence-corrected chi connectivity index (χ3v) is 5.04. The zero-order valence-electron chi connectivity index (χ0n) is 15.8. The Hall–Kier alpha value is -2.38. The molecule has 0 atom stereocenters. The van der Waals surface area contributed by atoms with Crippen molar-refractivity contribution >= 4 is 62.2 Å². The van der Waals surface area contributed by atoms with Crippen LogP contribution in [0, 0.1) is 21.8 Å². The lowest BCUT2D eigenvalue weighted by molar-refractivity contribution is -0.145. The van der Waals surface area contributed by atoms with Crippen molar-refractivity contribution < 1.29 is 19.1 Å². The van der Waals surface area contributed by atoms with Gasteiger partial charge in [0.05, 0.1) is 14.6 Å². The maximum Gasteiger partial charge on any atom is 0.344 e. The zero-order chi connectivity index (χ0) is 21.4. The highest BCUT2D eigenvalue weighted by atomic mass is 127. The summed E-state index contributed by atoms with van der Waals surface area (Å²) in [6.07, 6.45) is 1.49. The molecule has 0 spiro atoms. The van der Waals surface area contributed by atoms with Crippen molar-refractivity contribution in [2.75, 3.05) is 18.5 Å². The SMILES string of the molecule is CCOC(=O)COc1c(Br)cc(/C=C(\C#N)C(=O)Nc2ccc(C)cc2)cc1I. The number of benzene rings is 2. The summed E-state index contributed by atoms with van der Waals surface area (Å²) in [6.45, 7) is 3.75. The number of ether oxygens (including phenoxy) is 2. The van der Waals surface area contributed by atoms with Gasteiger partial charge < -0.3 is 14.8 Å². The van der Waals surface area contributed by atoms with Crippen LogP contribution in [0.3, 0.4) is 0 Å². The van der Waals surface area contributed by atoms with Gasteiger partial charge in [-0.25, -0.2) is 4.79 Å². The first-order chi connectivity index (χ1) is 13.8. The van der Waals surface area contributed by atoms with Crippen LogP contribution in [0.1, 0.15) is 18.1 Å². The molecule has 1 N–H and O–H groups in total. The second-order valence-corrected chi connectivity index (χ2v) is 7.91. The minimum absolute atomic E-state index is 0.0338. The summed E-state index contributed by atoms with van der Waals surface area (Å²) < 4.78 is 11.7. The minimum Gasteiger partial charge on any atom is -0.480 e. The van der Waals surface area contributed by atoms with Crippen LogP contribution in [-0.2, 0) is 14.3 Å². The predicted molar refractivity (Wildman–Crippen MR) is 122 cm³/mol. The molecule has 2 aromatic carbocycles. The Bertz CT molecular complexity index is 958. The molecule has 0 aliphatic rings. The lowest BCUT2D eigenvalue weighted by Crippen LogP contribution is -2.15. The number of aryl methyl sites for hydroxylation is 1. The molecule has 6 nitrogen and oxygen atoms in total. The predicted octanol–water partition coefficient (Wildman–Crippen LogP) is 4.85. The van der Waals surface area contributed by atoms with Crippen molar-refractivity contribution in [3.05, 3.63) is 61.1 Å². The molecule has 2 rings (SSSR count). The Morgan fingerprint density at radius 1 is 1.28 bits per heavy atom. The number of carbonyl (C=O) groups excluding carboxylic acids is 2. The van der Waals surface area contributed by atoms with E-state index in [1.54, 1.807) is 31.2 Å². The molecular weight excluding hydrogens is 551 g/mol. The molecule has 0 aromatic heterocycles. The summed E-state index contributed by atoms with van der Waals surface area (Å²) in [5, 5.41) is 12.1. The minimum atomic E-state index is -0.495. The highest BCUT2D eigenvalue weighted by Crippen LogP contribution is 2.32. The number of nitrogens with zero attached hydrogens (tertiary/aromatic N) is 1. The maximum atomic E-state index is 12.4. The summed E-state index contributed by atoms with van der Waals surface area (Å²) in [6, 6.07) is 12.7. The van der Waals surface area contributed by atoms with Crippen LogP contribution in [0.25, 0.3) is 6.08 Å². The number of hydrogen-bond donors (Lipinski definition) is 1. The molecule has 8 heteroatoms. The van der Waals surface area contributed by atoms with E-state index in [-0.39, 0.29) is 18.8 Å². The van der Waals surface area contributed by atoms with Gasteiger partial charge in [0.1, 0.15) is 17.4 Å². The number of esters is 1. The van der Waals surface area contributed by atoms with Gasteiger partial charge in [-0.1, -0.05) is 17.7 Å². The van der Waals surface area contributed by atoms with Crippen molar-refractivity contribution in [1.82, 2.24) is 0 Å². The Morgan fingerprint density at radius 3 is 2.55 bits per heavy atom. The van der Waals surface area contributed by atoms with E-state index in [4.69, 9.17) is 9.47 Å². The highest BCUT2D eigenvalue weighted by Gasteiger charge is 2.14. The van der Waals surface area contributed by atoms with Crippen LogP contribution in [-0.4, -0.2) is 25.1 Å². The number of halogens is 2. The Morgan fingerprint density at radius 2 is 1.97 bits per heavy atom. The normalized spacial score (nSPS) is 10.8. The largest absolute Gasteiger partial charge is 0.480 e. The van der Waals surface area contributed by atoms with Crippen LogP contribution >= 0.6 is 38.5 Å². The van der Waals surface area contributed by atoms with Crippen molar-refractivity contribution in [2.24, 2.45) is 0 Å². The van der Waals surface area contributed by atoms with Gasteiger partial charge in [0.25, 0.3) is 5.91 Å². The summed E-state index contributed by atoms with van der Waals surface area (Å²) in [4.78, 5) is 23.9. The van der Waals surface area contributed by atoms with E-state index in [9.17, 15) is 14.9 Å². The number of carbonyl (C=O) groups is 2. The van der Waals surface area contributed by atoms with E-state index in [1.165, 1.54) is 6.08 Å². The Balaban J connectivity index is 2.18. The van der Waals surface area contributed by atoms with Crippen LogP contribution < -0.4 is 10.1 Å². The molecule has 150 valence electrons. The van der Waals surface area contributed by atoms with E-state index >= 15 is 0 Å². The molecule has 0 saturated carbocycles. The fourth-order valence-electron chi connectivity index (χ4n) is 2.29. The molecule has 1 amide bonds. The van der Waals surface area contributed by atoms with Gasteiger partial charge in [0.2, 0.25) is 0 Å². The van der Waals surface area contributed by atoms with Gasteiger partial charge in [-0.05, 0) is 88.3 Å². The average Bonchev–Trinajstić information content (AvgIpc) is 2.67. The number of nitriles is 1. The second kappa shape index (κ2) is 11.0.